The quantitative estimate of drug-likeness (QED) is 0.736. The molecule has 0 bridgehead atoms. The number of aromatic nitrogens is 2. The standard InChI is InChI=1S/C20H29ClN4O3/c1-20(7-8-20)28-19(26)25-11-5-15(6-12-25)14-27-16-13-22-18(17(21)23-16)24-9-3-2-4-10-24/h13,15H,2-12,14H2,1H3. The highest BCUT2D eigenvalue weighted by Gasteiger charge is 2.43. The van der Waals surface area contributed by atoms with Crippen LogP contribution in [-0.4, -0.2) is 59.3 Å². The van der Waals surface area contributed by atoms with E-state index in [1.54, 1.807) is 6.20 Å². The molecule has 0 atom stereocenters. The van der Waals surface area contributed by atoms with E-state index in [0.29, 0.717) is 36.6 Å². The van der Waals surface area contributed by atoms with Gasteiger partial charge in [-0.1, -0.05) is 11.6 Å². The molecule has 0 aromatic carbocycles. The summed E-state index contributed by atoms with van der Waals surface area (Å²) in [6.07, 6.45) is 8.84. The summed E-state index contributed by atoms with van der Waals surface area (Å²) in [7, 11) is 0. The molecule has 3 heterocycles. The van der Waals surface area contributed by atoms with Crippen molar-refractivity contribution in [3.63, 3.8) is 0 Å². The Morgan fingerprint density at radius 3 is 2.57 bits per heavy atom. The molecule has 3 fully saturated rings. The van der Waals surface area contributed by atoms with Gasteiger partial charge >= 0.3 is 6.09 Å². The highest BCUT2D eigenvalue weighted by atomic mass is 35.5. The molecule has 28 heavy (non-hydrogen) atoms. The van der Waals surface area contributed by atoms with Gasteiger partial charge in [0.15, 0.2) is 11.0 Å². The van der Waals surface area contributed by atoms with Gasteiger partial charge in [0.2, 0.25) is 5.88 Å². The van der Waals surface area contributed by atoms with E-state index in [2.05, 4.69) is 14.9 Å². The van der Waals surface area contributed by atoms with Crippen LogP contribution in [-0.2, 0) is 4.74 Å². The maximum atomic E-state index is 12.2. The van der Waals surface area contributed by atoms with Crippen molar-refractivity contribution < 1.29 is 14.3 Å². The minimum atomic E-state index is -0.213. The topological polar surface area (TPSA) is 67.8 Å². The van der Waals surface area contributed by atoms with Crippen LogP contribution in [0, 0.1) is 5.92 Å². The summed E-state index contributed by atoms with van der Waals surface area (Å²) in [5.74, 6) is 1.61. The van der Waals surface area contributed by atoms with E-state index in [-0.39, 0.29) is 11.7 Å². The van der Waals surface area contributed by atoms with Gasteiger partial charge in [0.25, 0.3) is 0 Å². The molecule has 0 radical (unpaired) electrons. The van der Waals surface area contributed by atoms with Crippen LogP contribution in [0.2, 0.25) is 5.15 Å². The summed E-state index contributed by atoms with van der Waals surface area (Å²) in [6.45, 7) is 5.94. The molecule has 154 valence electrons. The van der Waals surface area contributed by atoms with E-state index in [1.165, 1.54) is 19.3 Å². The van der Waals surface area contributed by atoms with E-state index >= 15 is 0 Å². The average Bonchev–Trinajstić information content (AvgIpc) is 3.44. The molecule has 4 rings (SSSR count). The smallest absolute Gasteiger partial charge is 0.410 e. The van der Waals surface area contributed by atoms with E-state index in [1.807, 2.05) is 11.8 Å². The number of carbonyl (C=O) groups is 1. The summed E-state index contributed by atoms with van der Waals surface area (Å²) in [5, 5.41) is 0.408. The van der Waals surface area contributed by atoms with Crippen LogP contribution in [0.5, 0.6) is 5.88 Å². The summed E-state index contributed by atoms with van der Waals surface area (Å²) >= 11 is 6.34. The Morgan fingerprint density at radius 1 is 1.21 bits per heavy atom. The predicted molar refractivity (Wildman–Crippen MR) is 107 cm³/mol. The van der Waals surface area contributed by atoms with Crippen LogP contribution < -0.4 is 9.64 Å². The Balaban J connectivity index is 1.23. The van der Waals surface area contributed by atoms with Crippen LogP contribution in [0.4, 0.5) is 10.6 Å². The van der Waals surface area contributed by atoms with Crippen molar-refractivity contribution >= 4 is 23.5 Å². The second-order valence-corrected chi connectivity index (χ2v) is 8.79. The Labute approximate surface area is 171 Å². The molecule has 8 heteroatoms. The normalized spacial score (nSPS) is 22.1. The molecule has 1 aromatic heterocycles. The number of hydrogen-bond donors (Lipinski definition) is 0. The maximum absolute atomic E-state index is 12.2. The number of ether oxygens (including phenoxy) is 2. The van der Waals surface area contributed by atoms with Crippen LogP contribution >= 0.6 is 11.6 Å². The average molecular weight is 409 g/mol. The van der Waals surface area contributed by atoms with Gasteiger partial charge in [0.1, 0.15) is 5.60 Å². The predicted octanol–water partition coefficient (Wildman–Crippen LogP) is 3.90. The Bertz CT molecular complexity index is 699. The third-order valence-corrected chi connectivity index (χ3v) is 6.23. The fourth-order valence-electron chi connectivity index (χ4n) is 3.77. The summed E-state index contributed by atoms with van der Waals surface area (Å²) in [4.78, 5) is 25.0. The van der Waals surface area contributed by atoms with Crippen LogP contribution in [0.1, 0.15) is 51.9 Å². The SMILES string of the molecule is CC1(OC(=O)N2CCC(COc3cnc(N4CCCCC4)c(Cl)n3)CC2)CC1. The van der Waals surface area contributed by atoms with Crippen LogP contribution in [0.3, 0.4) is 0 Å². The minimum Gasteiger partial charge on any atom is -0.476 e. The molecular weight excluding hydrogens is 380 g/mol. The van der Waals surface area contributed by atoms with E-state index in [4.69, 9.17) is 21.1 Å². The van der Waals surface area contributed by atoms with E-state index in [9.17, 15) is 4.79 Å². The van der Waals surface area contributed by atoms with E-state index < -0.39 is 0 Å². The van der Waals surface area contributed by atoms with Gasteiger partial charge in [0, 0.05) is 26.2 Å². The van der Waals surface area contributed by atoms with Gasteiger partial charge in [-0.05, 0) is 57.8 Å². The minimum absolute atomic E-state index is 0.176. The molecule has 2 aliphatic heterocycles. The molecule has 2 saturated heterocycles. The fourth-order valence-corrected chi connectivity index (χ4v) is 4.02. The zero-order chi connectivity index (χ0) is 19.6. The number of amides is 1. The zero-order valence-electron chi connectivity index (χ0n) is 16.5. The van der Waals surface area contributed by atoms with Crippen LogP contribution in [0.15, 0.2) is 6.20 Å². The number of carbonyl (C=O) groups excluding carboxylic acids is 1. The summed E-state index contributed by atoms with van der Waals surface area (Å²) < 4.78 is 11.4. The Hall–Kier alpha value is -1.76. The lowest BCUT2D eigenvalue weighted by Crippen LogP contribution is -2.41. The lowest BCUT2D eigenvalue weighted by atomic mass is 9.98. The molecular formula is C20H29ClN4O3. The summed E-state index contributed by atoms with van der Waals surface area (Å²) in [5.41, 5.74) is -0.213. The molecule has 1 aliphatic carbocycles. The number of rotatable bonds is 5. The van der Waals surface area contributed by atoms with Crippen molar-refractivity contribution in [3.8, 4) is 5.88 Å². The van der Waals surface area contributed by atoms with E-state index in [0.717, 1.165) is 44.6 Å². The number of anilines is 1. The van der Waals surface area contributed by atoms with Crippen molar-refractivity contribution in [2.45, 2.75) is 57.5 Å². The van der Waals surface area contributed by atoms with Crippen LogP contribution in [0.25, 0.3) is 0 Å². The first kappa shape index (κ1) is 19.6. The first-order chi connectivity index (χ1) is 13.5. The number of likely N-dealkylation sites (tertiary alicyclic amines) is 1. The molecule has 0 unspecified atom stereocenters. The van der Waals surface area contributed by atoms with Crippen molar-refractivity contribution in [1.29, 1.82) is 0 Å². The van der Waals surface area contributed by atoms with Gasteiger partial charge in [-0.15, -0.1) is 0 Å². The van der Waals surface area contributed by atoms with Gasteiger partial charge in [0.05, 0.1) is 12.8 Å². The molecule has 7 nitrogen and oxygen atoms in total. The number of nitrogens with zero attached hydrogens (tertiary/aromatic N) is 4. The second kappa shape index (κ2) is 8.31. The second-order valence-electron chi connectivity index (χ2n) is 8.43. The Morgan fingerprint density at radius 2 is 1.93 bits per heavy atom. The molecule has 3 aliphatic rings. The van der Waals surface area contributed by atoms with Gasteiger partial charge in [-0.2, -0.15) is 4.98 Å². The molecule has 1 aromatic rings. The van der Waals surface area contributed by atoms with Gasteiger partial charge < -0.3 is 19.3 Å². The third kappa shape index (κ3) is 4.80. The van der Waals surface area contributed by atoms with Crippen molar-refractivity contribution in [2.24, 2.45) is 5.92 Å². The van der Waals surface area contributed by atoms with Gasteiger partial charge in [-0.25, -0.2) is 9.78 Å². The number of halogens is 1. The highest BCUT2D eigenvalue weighted by molar-refractivity contribution is 6.31. The van der Waals surface area contributed by atoms with Crippen molar-refractivity contribution in [2.75, 3.05) is 37.7 Å². The monoisotopic (exact) mass is 408 g/mol. The molecule has 1 amide bonds. The highest BCUT2D eigenvalue weighted by Crippen LogP contribution is 2.39. The molecule has 0 N–H and O–H groups in total. The van der Waals surface area contributed by atoms with Gasteiger partial charge in [-0.3, -0.25) is 0 Å². The largest absolute Gasteiger partial charge is 0.476 e. The number of hydrogen-bond acceptors (Lipinski definition) is 6. The zero-order valence-corrected chi connectivity index (χ0v) is 17.3. The lowest BCUT2D eigenvalue weighted by Gasteiger charge is -2.32. The lowest BCUT2D eigenvalue weighted by molar-refractivity contribution is 0.0454. The van der Waals surface area contributed by atoms with Crippen molar-refractivity contribution in [3.05, 3.63) is 11.3 Å². The van der Waals surface area contributed by atoms with Crippen molar-refractivity contribution in [1.82, 2.24) is 14.9 Å². The number of piperidine rings is 2. The maximum Gasteiger partial charge on any atom is 0.410 e. The summed E-state index contributed by atoms with van der Waals surface area (Å²) in [6, 6.07) is 0. The first-order valence-corrected chi connectivity index (χ1v) is 10.8. The first-order valence-electron chi connectivity index (χ1n) is 10.4. The third-order valence-electron chi connectivity index (χ3n) is 5.97. The molecule has 1 saturated carbocycles. The molecule has 0 spiro atoms. The Kier molecular flexibility index (Phi) is 5.80. The fraction of sp³-hybridized carbons (Fsp3) is 0.750.